The molecular formula is C22H25F3N2O3. The fourth-order valence-electron chi connectivity index (χ4n) is 2.66. The number of alkyl halides is 3. The van der Waals surface area contributed by atoms with Crippen LogP contribution in [0.1, 0.15) is 40.7 Å². The summed E-state index contributed by atoms with van der Waals surface area (Å²) in [6.07, 6.45) is -2.31. The second kappa shape index (κ2) is 12.0. The molecule has 0 aliphatic rings. The first-order chi connectivity index (χ1) is 14.4. The zero-order chi connectivity index (χ0) is 21.8. The Morgan fingerprint density at radius 1 is 0.967 bits per heavy atom. The smallest absolute Gasteiger partial charge is 0.394 e. The van der Waals surface area contributed by atoms with Crippen molar-refractivity contribution >= 4 is 11.6 Å². The van der Waals surface area contributed by atoms with Gasteiger partial charge in [-0.15, -0.1) is 0 Å². The molecule has 30 heavy (non-hydrogen) atoms. The number of oxime groups is 1. The molecule has 0 fully saturated rings. The van der Waals surface area contributed by atoms with Crippen LogP contribution in [0.4, 0.5) is 13.2 Å². The third-order valence-electron chi connectivity index (χ3n) is 4.25. The van der Waals surface area contributed by atoms with Crippen molar-refractivity contribution in [2.24, 2.45) is 5.16 Å². The number of hydrogen-bond acceptors (Lipinski definition) is 4. The molecule has 162 valence electrons. The van der Waals surface area contributed by atoms with Crippen molar-refractivity contribution in [3.05, 3.63) is 71.3 Å². The molecule has 5 nitrogen and oxygen atoms in total. The number of methoxy groups -OCH3 is 1. The maximum absolute atomic E-state index is 12.8. The van der Waals surface area contributed by atoms with Gasteiger partial charge in [-0.05, 0) is 49.1 Å². The van der Waals surface area contributed by atoms with Crippen LogP contribution in [0.3, 0.4) is 0 Å². The number of halogens is 3. The van der Waals surface area contributed by atoms with Gasteiger partial charge < -0.3 is 14.9 Å². The van der Waals surface area contributed by atoms with Gasteiger partial charge in [0.2, 0.25) is 0 Å². The van der Waals surface area contributed by atoms with E-state index in [1.54, 1.807) is 31.4 Å². The first kappa shape index (κ1) is 23.4. The van der Waals surface area contributed by atoms with E-state index < -0.39 is 11.7 Å². The number of carbonyl (C=O) groups is 1. The van der Waals surface area contributed by atoms with E-state index in [1.807, 2.05) is 6.07 Å². The van der Waals surface area contributed by atoms with E-state index in [2.05, 4.69) is 10.5 Å². The van der Waals surface area contributed by atoms with Crippen LogP contribution in [0.5, 0.6) is 0 Å². The number of carbonyl (C=O) groups excluding carboxylic acids is 1. The minimum atomic E-state index is -4.39. The fourth-order valence-corrected chi connectivity index (χ4v) is 2.66. The highest BCUT2D eigenvalue weighted by Gasteiger charge is 2.30. The van der Waals surface area contributed by atoms with Crippen molar-refractivity contribution in [3.8, 4) is 0 Å². The van der Waals surface area contributed by atoms with Crippen LogP contribution in [-0.2, 0) is 15.8 Å². The lowest BCUT2D eigenvalue weighted by Gasteiger charge is -2.10. The molecule has 0 heterocycles. The number of ether oxygens (including phenoxy) is 1. The highest BCUT2D eigenvalue weighted by Crippen LogP contribution is 2.29. The average Bonchev–Trinajstić information content (AvgIpc) is 2.75. The standard InChI is InChI=1S/C22H25F3N2O3/c1-29-15-6-5-9-20(17-10-12-19(13-11-17)22(23,24)25)27-30-16-14-26-21(28)18-7-3-2-4-8-18/h2-4,7-8,10-13H,5-6,9,14-16H2,1H3,(H,26,28). The van der Waals surface area contributed by atoms with Crippen LogP contribution < -0.4 is 5.32 Å². The summed E-state index contributed by atoms with van der Waals surface area (Å²) < 4.78 is 43.4. The Balaban J connectivity index is 1.93. The summed E-state index contributed by atoms with van der Waals surface area (Å²) in [7, 11) is 1.61. The van der Waals surface area contributed by atoms with Gasteiger partial charge in [-0.25, -0.2) is 0 Å². The van der Waals surface area contributed by atoms with Crippen LogP contribution >= 0.6 is 0 Å². The van der Waals surface area contributed by atoms with Gasteiger partial charge in [0.25, 0.3) is 5.91 Å². The van der Waals surface area contributed by atoms with E-state index in [9.17, 15) is 18.0 Å². The molecule has 0 spiro atoms. The van der Waals surface area contributed by atoms with Gasteiger partial charge in [0.05, 0.1) is 17.8 Å². The molecule has 0 bridgehead atoms. The maximum atomic E-state index is 12.8. The third kappa shape index (κ3) is 7.87. The van der Waals surface area contributed by atoms with Crippen LogP contribution in [0.2, 0.25) is 0 Å². The number of nitrogens with zero attached hydrogens (tertiary/aromatic N) is 1. The SMILES string of the molecule is COCCCCC(=NOCCNC(=O)c1ccccc1)c1ccc(C(F)(F)F)cc1. The highest BCUT2D eigenvalue weighted by molar-refractivity contribution is 6.00. The molecular weight excluding hydrogens is 397 g/mol. The molecule has 8 heteroatoms. The summed E-state index contributed by atoms with van der Waals surface area (Å²) in [4.78, 5) is 17.3. The van der Waals surface area contributed by atoms with Crippen molar-refractivity contribution in [2.75, 3.05) is 26.9 Å². The Morgan fingerprint density at radius 3 is 2.30 bits per heavy atom. The first-order valence-electron chi connectivity index (χ1n) is 9.60. The molecule has 1 amide bonds. The van der Waals surface area contributed by atoms with Crippen molar-refractivity contribution in [3.63, 3.8) is 0 Å². The van der Waals surface area contributed by atoms with Gasteiger partial charge in [-0.2, -0.15) is 13.2 Å². The normalized spacial score (nSPS) is 11.9. The Hall–Kier alpha value is -2.87. The Kier molecular flexibility index (Phi) is 9.34. The minimum Gasteiger partial charge on any atom is -0.394 e. The van der Waals surface area contributed by atoms with Crippen molar-refractivity contribution < 1.29 is 27.5 Å². The van der Waals surface area contributed by atoms with Crippen molar-refractivity contribution in [1.29, 1.82) is 0 Å². The molecule has 0 unspecified atom stereocenters. The third-order valence-corrected chi connectivity index (χ3v) is 4.25. The molecule has 0 saturated heterocycles. The van der Waals surface area contributed by atoms with Crippen molar-refractivity contribution in [1.82, 2.24) is 5.32 Å². The lowest BCUT2D eigenvalue weighted by molar-refractivity contribution is -0.137. The number of hydrogen-bond donors (Lipinski definition) is 1. The number of rotatable bonds is 11. The highest BCUT2D eigenvalue weighted by atomic mass is 19.4. The van der Waals surface area contributed by atoms with Gasteiger partial charge in [0.15, 0.2) is 0 Å². The minimum absolute atomic E-state index is 0.140. The topological polar surface area (TPSA) is 59.9 Å². The molecule has 0 aliphatic heterocycles. The van der Waals surface area contributed by atoms with Crippen LogP contribution in [0.15, 0.2) is 59.8 Å². The summed E-state index contributed by atoms with van der Waals surface area (Å²) >= 11 is 0. The van der Waals surface area contributed by atoms with E-state index in [-0.39, 0.29) is 19.1 Å². The largest absolute Gasteiger partial charge is 0.416 e. The zero-order valence-corrected chi connectivity index (χ0v) is 16.7. The van der Waals surface area contributed by atoms with E-state index in [0.717, 1.165) is 25.0 Å². The number of benzene rings is 2. The molecule has 0 saturated carbocycles. The quantitative estimate of drug-likeness (QED) is 0.325. The van der Waals surface area contributed by atoms with Crippen LogP contribution in [0.25, 0.3) is 0 Å². The molecule has 0 aliphatic carbocycles. The molecule has 2 aromatic rings. The lowest BCUT2D eigenvalue weighted by Crippen LogP contribution is -2.26. The van der Waals surface area contributed by atoms with E-state index in [1.165, 1.54) is 12.1 Å². The van der Waals surface area contributed by atoms with Gasteiger partial charge in [-0.3, -0.25) is 4.79 Å². The molecule has 2 rings (SSSR count). The zero-order valence-electron chi connectivity index (χ0n) is 16.7. The monoisotopic (exact) mass is 422 g/mol. The summed E-state index contributed by atoms with van der Waals surface area (Å²) in [5.41, 5.74) is 0.946. The molecule has 1 N–H and O–H groups in total. The summed E-state index contributed by atoms with van der Waals surface area (Å²) in [5, 5.41) is 6.82. The second-order valence-corrected chi connectivity index (χ2v) is 6.52. The number of amides is 1. The Bertz CT molecular complexity index is 807. The summed E-state index contributed by atoms with van der Waals surface area (Å²) in [6.45, 7) is 0.981. The fraction of sp³-hybridized carbons (Fsp3) is 0.364. The molecule has 0 aromatic heterocycles. The average molecular weight is 422 g/mol. The Labute approximate surface area is 173 Å². The summed E-state index contributed by atoms with van der Waals surface area (Å²) in [6, 6.07) is 13.6. The molecule has 0 atom stereocenters. The first-order valence-corrected chi connectivity index (χ1v) is 9.60. The van der Waals surface area contributed by atoms with E-state index >= 15 is 0 Å². The maximum Gasteiger partial charge on any atom is 0.416 e. The van der Waals surface area contributed by atoms with Gasteiger partial charge in [-0.1, -0.05) is 35.5 Å². The van der Waals surface area contributed by atoms with Gasteiger partial charge in [0, 0.05) is 19.3 Å². The van der Waals surface area contributed by atoms with Gasteiger partial charge >= 0.3 is 6.18 Å². The van der Waals surface area contributed by atoms with E-state index in [4.69, 9.17) is 9.57 Å². The molecule has 0 radical (unpaired) electrons. The number of nitrogens with one attached hydrogen (secondary N) is 1. The van der Waals surface area contributed by atoms with Crippen LogP contribution in [-0.4, -0.2) is 38.5 Å². The second-order valence-electron chi connectivity index (χ2n) is 6.52. The van der Waals surface area contributed by atoms with E-state index in [0.29, 0.717) is 29.9 Å². The predicted molar refractivity (Wildman–Crippen MR) is 108 cm³/mol. The van der Waals surface area contributed by atoms with Gasteiger partial charge in [0.1, 0.15) is 6.61 Å². The number of unbranched alkanes of at least 4 members (excludes halogenated alkanes) is 1. The van der Waals surface area contributed by atoms with Crippen molar-refractivity contribution in [2.45, 2.75) is 25.4 Å². The Morgan fingerprint density at radius 2 is 1.67 bits per heavy atom. The van der Waals surface area contributed by atoms with Crippen LogP contribution in [0, 0.1) is 0 Å². The predicted octanol–water partition coefficient (Wildman–Crippen LogP) is 4.67. The lowest BCUT2D eigenvalue weighted by atomic mass is 10.0. The molecule has 2 aromatic carbocycles. The summed E-state index contributed by atoms with van der Waals surface area (Å²) in [5.74, 6) is -0.217.